The van der Waals surface area contributed by atoms with Crippen molar-refractivity contribution < 1.29 is 0 Å². The zero-order chi connectivity index (χ0) is 12.8. The van der Waals surface area contributed by atoms with Crippen LogP contribution in [0.4, 0.5) is 0 Å². The molecule has 0 heterocycles. The van der Waals surface area contributed by atoms with E-state index in [1.807, 2.05) is 0 Å². The van der Waals surface area contributed by atoms with Crippen molar-refractivity contribution in [3.8, 4) is 0 Å². The fourth-order valence-electron chi connectivity index (χ4n) is 2.15. The van der Waals surface area contributed by atoms with E-state index in [0.717, 1.165) is 13.1 Å². The highest BCUT2D eigenvalue weighted by atomic mass is 14.9. The van der Waals surface area contributed by atoms with Gasteiger partial charge >= 0.3 is 0 Å². The summed E-state index contributed by atoms with van der Waals surface area (Å²) in [5.41, 5.74) is 4.08. The summed E-state index contributed by atoms with van der Waals surface area (Å²) in [6, 6.07) is 19.3. The molecule has 1 unspecified atom stereocenters. The number of hydrogen-bond donors (Lipinski definition) is 1. The van der Waals surface area contributed by atoms with Crippen molar-refractivity contribution in [1.29, 1.82) is 0 Å². The van der Waals surface area contributed by atoms with Gasteiger partial charge in [0.25, 0.3) is 0 Å². The fraction of sp³-hybridized carbons (Fsp3) is 0.294. The highest BCUT2D eigenvalue weighted by Crippen LogP contribution is 2.13. The Hall–Kier alpha value is -1.60. The third-order valence-corrected chi connectivity index (χ3v) is 3.23. The monoisotopic (exact) mass is 239 g/mol. The molecule has 94 valence electrons. The number of rotatable bonds is 5. The van der Waals surface area contributed by atoms with E-state index in [-0.39, 0.29) is 0 Å². The second kappa shape index (κ2) is 6.36. The molecular weight excluding hydrogens is 218 g/mol. The van der Waals surface area contributed by atoms with Crippen LogP contribution in [0.3, 0.4) is 0 Å². The third-order valence-electron chi connectivity index (χ3n) is 3.23. The van der Waals surface area contributed by atoms with Gasteiger partial charge in [0, 0.05) is 13.1 Å². The largest absolute Gasteiger partial charge is 0.312 e. The van der Waals surface area contributed by atoms with Crippen molar-refractivity contribution in [3.05, 3.63) is 71.3 Å². The van der Waals surface area contributed by atoms with Crippen molar-refractivity contribution in [3.63, 3.8) is 0 Å². The lowest BCUT2D eigenvalue weighted by atomic mass is 10.0. The molecule has 0 saturated heterocycles. The summed E-state index contributed by atoms with van der Waals surface area (Å²) in [5, 5.41) is 3.53. The number of benzene rings is 2. The normalized spacial score (nSPS) is 12.3. The van der Waals surface area contributed by atoms with Crippen LogP contribution < -0.4 is 5.32 Å². The second-order valence-corrected chi connectivity index (χ2v) is 4.93. The van der Waals surface area contributed by atoms with Crippen molar-refractivity contribution in [2.75, 3.05) is 6.54 Å². The first-order chi connectivity index (χ1) is 8.75. The molecule has 1 N–H and O–H groups in total. The van der Waals surface area contributed by atoms with Gasteiger partial charge in [0.05, 0.1) is 0 Å². The molecule has 1 heteroatoms. The predicted octanol–water partition coefficient (Wildman–Crippen LogP) is 3.89. The highest BCUT2D eigenvalue weighted by molar-refractivity contribution is 5.22. The van der Waals surface area contributed by atoms with Gasteiger partial charge in [-0.15, -0.1) is 0 Å². The third kappa shape index (κ3) is 3.71. The van der Waals surface area contributed by atoms with Crippen molar-refractivity contribution >= 4 is 0 Å². The van der Waals surface area contributed by atoms with E-state index in [9.17, 15) is 0 Å². The molecule has 2 aromatic rings. The first-order valence-electron chi connectivity index (χ1n) is 6.57. The fourth-order valence-corrected chi connectivity index (χ4v) is 2.15. The van der Waals surface area contributed by atoms with Gasteiger partial charge in [0.2, 0.25) is 0 Å². The van der Waals surface area contributed by atoms with E-state index >= 15 is 0 Å². The summed E-state index contributed by atoms with van der Waals surface area (Å²) in [4.78, 5) is 0. The minimum Gasteiger partial charge on any atom is -0.312 e. The summed E-state index contributed by atoms with van der Waals surface area (Å²) in [6.07, 6.45) is 0. The van der Waals surface area contributed by atoms with Crippen LogP contribution in [0.25, 0.3) is 0 Å². The summed E-state index contributed by atoms with van der Waals surface area (Å²) >= 11 is 0. The standard InChI is InChI=1S/C17H21N/c1-14-7-6-8-16(11-14)13-18-12-15(2)17-9-4-3-5-10-17/h3-11,15,18H,12-13H2,1-2H3. The van der Waals surface area contributed by atoms with Crippen molar-refractivity contribution in [2.45, 2.75) is 26.3 Å². The van der Waals surface area contributed by atoms with Crippen molar-refractivity contribution in [2.24, 2.45) is 0 Å². The molecule has 0 aliphatic rings. The first-order valence-corrected chi connectivity index (χ1v) is 6.57. The lowest BCUT2D eigenvalue weighted by molar-refractivity contribution is 0.615. The second-order valence-electron chi connectivity index (χ2n) is 4.93. The van der Waals surface area contributed by atoms with E-state index < -0.39 is 0 Å². The van der Waals surface area contributed by atoms with E-state index in [1.54, 1.807) is 0 Å². The summed E-state index contributed by atoms with van der Waals surface area (Å²) in [5.74, 6) is 0.552. The quantitative estimate of drug-likeness (QED) is 0.834. The van der Waals surface area contributed by atoms with Crippen molar-refractivity contribution in [1.82, 2.24) is 5.32 Å². The summed E-state index contributed by atoms with van der Waals surface area (Å²) in [7, 11) is 0. The Bertz CT molecular complexity index is 476. The lowest BCUT2D eigenvalue weighted by Crippen LogP contribution is -2.19. The van der Waals surface area contributed by atoms with E-state index in [2.05, 4.69) is 73.8 Å². The topological polar surface area (TPSA) is 12.0 Å². The molecule has 1 atom stereocenters. The average Bonchev–Trinajstić information content (AvgIpc) is 2.40. The van der Waals surface area contributed by atoms with Gasteiger partial charge in [0.15, 0.2) is 0 Å². The smallest absolute Gasteiger partial charge is 0.0205 e. The van der Waals surface area contributed by atoms with Crippen LogP contribution in [0.2, 0.25) is 0 Å². The SMILES string of the molecule is Cc1cccc(CNCC(C)c2ccccc2)c1. The Kier molecular flexibility index (Phi) is 4.54. The molecule has 0 radical (unpaired) electrons. The van der Waals surface area contributed by atoms with Gasteiger partial charge < -0.3 is 5.32 Å². The molecule has 0 saturated carbocycles. The van der Waals surface area contributed by atoms with Gasteiger partial charge in [-0.3, -0.25) is 0 Å². The minimum absolute atomic E-state index is 0.552. The maximum atomic E-state index is 3.53. The molecule has 0 aromatic heterocycles. The van der Waals surface area contributed by atoms with E-state index in [1.165, 1.54) is 16.7 Å². The van der Waals surface area contributed by atoms with E-state index in [0.29, 0.717) is 5.92 Å². The number of nitrogens with one attached hydrogen (secondary N) is 1. The minimum atomic E-state index is 0.552. The molecular formula is C17H21N. The molecule has 0 amide bonds. The molecule has 0 spiro atoms. The van der Waals surface area contributed by atoms with Gasteiger partial charge in [-0.2, -0.15) is 0 Å². The zero-order valence-corrected chi connectivity index (χ0v) is 11.2. The average molecular weight is 239 g/mol. The van der Waals surface area contributed by atoms with Crippen LogP contribution >= 0.6 is 0 Å². The van der Waals surface area contributed by atoms with Gasteiger partial charge in [-0.1, -0.05) is 67.1 Å². The zero-order valence-electron chi connectivity index (χ0n) is 11.2. The molecule has 0 bridgehead atoms. The predicted molar refractivity (Wildman–Crippen MR) is 77.7 cm³/mol. The Morgan fingerprint density at radius 1 is 1.00 bits per heavy atom. The van der Waals surface area contributed by atoms with Crippen LogP contribution in [0.15, 0.2) is 54.6 Å². The summed E-state index contributed by atoms with van der Waals surface area (Å²) < 4.78 is 0. The van der Waals surface area contributed by atoms with Gasteiger partial charge in [-0.25, -0.2) is 0 Å². The Balaban J connectivity index is 1.82. The van der Waals surface area contributed by atoms with Crippen LogP contribution in [-0.2, 0) is 6.54 Å². The number of aryl methyl sites for hydroxylation is 1. The van der Waals surface area contributed by atoms with Crippen LogP contribution in [-0.4, -0.2) is 6.54 Å². The Morgan fingerprint density at radius 2 is 1.78 bits per heavy atom. The van der Waals surface area contributed by atoms with Crippen LogP contribution in [0.1, 0.15) is 29.5 Å². The Labute approximate surface area is 110 Å². The molecule has 0 aliphatic heterocycles. The van der Waals surface area contributed by atoms with Gasteiger partial charge in [0.1, 0.15) is 0 Å². The highest BCUT2D eigenvalue weighted by Gasteiger charge is 2.03. The maximum absolute atomic E-state index is 3.53. The molecule has 0 aliphatic carbocycles. The molecule has 2 aromatic carbocycles. The number of hydrogen-bond acceptors (Lipinski definition) is 1. The molecule has 0 fully saturated rings. The lowest BCUT2D eigenvalue weighted by Gasteiger charge is -2.13. The molecule has 18 heavy (non-hydrogen) atoms. The molecule has 2 rings (SSSR count). The van der Waals surface area contributed by atoms with Gasteiger partial charge in [-0.05, 0) is 24.0 Å². The van der Waals surface area contributed by atoms with Crippen LogP contribution in [0, 0.1) is 6.92 Å². The summed E-state index contributed by atoms with van der Waals surface area (Å²) in [6.45, 7) is 6.35. The van der Waals surface area contributed by atoms with E-state index in [4.69, 9.17) is 0 Å². The van der Waals surface area contributed by atoms with Crippen LogP contribution in [0.5, 0.6) is 0 Å². The maximum Gasteiger partial charge on any atom is 0.0205 e. The first kappa shape index (κ1) is 12.8. The molecule has 1 nitrogen and oxygen atoms in total. The Morgan fingerprint density at radius 3 is 2.50 bits per heavy atom.